The Morgan fingerprint density at radius 2 is 2.00 bits per heavy atom. The highest BCUT2D eigenvalue weighted by atomic mass is 15.2. The zero-order valence-electron chi connectivity index (χ0n) is 12.2. The van der Waals surface area contributed by atoms with Gasteiger partial charge in [0.25, 0.3) is 0 Å². The van der Waals surface area contributed by atoms with Crippen molar-refractivity contribution in [2.24, 2.45) is 5.73 Å². The maximum absolute atomic E-state index is 5.77. The molecule has 2 N–H and O–H groups in total. The predicted octanol–water partition coefficient (Wildman–Crippen LogP) is 3.12. The molecule has 0 spiro atoms. The van der Waals surface area contributed by atoms with Gasteiger partial charge in [0.05, 0.1) is 0 Å². The SMILES string of the molecule is CCCc1cc(CN)cc(N(C)C(C)CCC)n1. The van der Waals surface area contributed by atoms with Crippen LogP contribution in [0, 0.1) is 0 Å². The monoisotopic (exact) mass is 249 g/mol. The molecule has 102 valence electrons. The van der Waals surface area contributed by atoms with Crippen molar-refractivity contribution < 1.29 is 0 Å². The van der Waals surface area contributed by atoms with Crippen LogP contribution in [-0.4, -0.2) is 18.1 Å². The Bertz CT molecular complexity index is 363. The minimum Gasteiger partial charge on any atom is -0.357 e. The number of pyridine rings is 1. The Hall–Kier alpha value is -1.09. The normalized spacial score (nSPS) is 12.5. The fraction of sp³-hybridized carbons (Fsp3) is 0.667. The van der Waals surface area contributed by atoms with Gasteiger partial charge in [-0.15, -0.1) is 0 Å². The van der Waals surface area contributed by atoms with E-state index in [4.69, 9.17) is 10.7 Å². The minimum absolute atomic E-state index is 0.519. The summed E-state index contributed by atoms with van der Waals surface area (Å²) in [7, 11) is 2.12. The first-order valence-electron chi connectivity index (χ1n) is 7.05. The van der Waals surface area contributed by atoms with Gasteiger partial charge >= 0.3 is 0 Å². The topological polar surface area (TPSA) is 42.1 Å². The lowest BCUT2D eigenvalue weighted by Crippen LogP contribution is -2.29. The second-order valence-corrected chi connectivity index (χ2v) is 5.03. The Labute approximate surface area is 111 Å². The first kappa shape index (κ1) is 15.0. The summed E-state index contributed by atoms with van der Waals surface area (Å²) in [6, 6.07) is 4.77. The number of aromatic nitrogens is 1. The summed E-state index contributed by atoms with van der Waals surface area (Å²) in [6.07, 6.45) is 4.53. The molecular formula is C15H27N3. The second-order valence-electron chi connectivity index (χ2n) is 5.03. The molecule has 1 aromatic heterocycles. The summed E-state index contributed by atoms with van der Waals surface area (Å²) < 4.78 is 0. The molecule has 1 atom stereocenters. The molecule has 0 radical (unpaired) electrons. The third-order valence-corrected chi connectivity index (χ3v) is 3.40. The lowest BCUT2D eigenvalue weighted by molar-refractivity contribution is 0.610. The molecule has 1 heterocycles. The fourth-order valence-corrected chi connectivity index (χ4v) is 2.15. The van der Waals surface area contributed by atoms with Crippen molar-refractivity contribution in [1.29, 1.82) is 0 Å². The van der Waals surface area contributed by atoms with Crippen molar-refractivity contribution in [3.8, 4) is 0 Å². The van der Waals surface area contributed by atoms with Crippen molar-refractivity contribution >= 4 is 5.82 Å². The fourth-order valence-electron chi connectivity index (χ4n) is 2.15. The number of nitrogens with zero attached hydrogens (tertiary/aromatic N) is 2. The minimum atomic E-state index is 0.519. The summed E-state index contributed by atoms with van der Waals surface area (Å²) in [5, 5.41) is 0. The first-order chi connectivity index (χ1) is 8.62. The van der Waals surface area contributed by atoms with Crippen LogP contribution in [0.1, 0.15) is 51.3 Å². The van der Waals surface area contributed by atoms with Crippen molar-refractivity contribution in [3.63, 3.8) is 0 Å². The van der Waals surface area contributed by atoms with Crippen LogP contribution >= 0.6 is 0 Å². The van der Waals surface area contributed by atoms with Crippen LogP contribution in [0.2, 0.25) is 0 Å². The molecule has 1 aromatic rings. The number of rotatable bonds is 7. The largest absolute Gasteiger partial charge is 0.357 e. The highest BCUT2D eigenvalue weighted by Crippen LogP contribution is 2.18. The van der Waals surface area contributed by atoms with E-state index in [-0.39, 0.29) is 0 Å². The van der Waals surface area contributed by atoms with E-state index in [1.54, 1.807) is 0 Å². The van der Waals surface area contributed by atoms with Gasteiger partial charge in [-0.1, -0.05) is 26.7 Å². The van der Waals surface area contributed by atoms with Crippen LogP contribution in [0.15, 0.2) is 12.1 Å². The van der Waals surface area contributed by atoms with Crippen LogP contribution in [0.3, 0.4) is 0 Å². The van der Waals surface area contributed by atoms with Gasteiger partial charge in [0.15, 0.2) is 0 Å². The van der Waals surface area contributed by atoms with Gasteiger partial charge in [-0.3, -0.25) is 0 Å². The van der Waals surface area contributed by atoms with E-state index in [9.17, 15) is 0 Å². The lowest BCUT2D eigenvalue weighted by atomic mass is 10.1. The van der Waals surface area contributed by atoms with Crippen molar-refractivity contribution in [2.45, 2.75) is 59.0 Å². The van der Waals surface area contributed by atoms with Gasteiger partial charge in [0.1, 0.15) is 5.82 Å². The quantitative estimate of drug-likeness (QED) is 0.807. The van der Waals surface area contributed by atoms with Crippen molar-refractivity contribution in [3.05, 3.63) is 23.4 Å². The van der Waals surface area contributed by atoms with E-state index in [0.29, 0.717) is 12.6 Å². The van der Waals surface area contributed by atoms with E-state index >= 15 is 0 Å². The van der Waals surface area contributed by atoms with E-state index < -0.39 is 0 Å². The van der Waals surface area contributed by atoms with Gasteiger partial charge in [-0.25, -0.2) is 4.98 Å². The number of nitrogens with two attached hydrogens (primary N) is 1. The molecule has 1 rings (SSSR count). The summed E-state index contributed by atoms with van der Waals surface area (Å²) in [6.45, 7) is 7.23. The Morgan fingerprint density at radius 3 is 2.56 bits per heavy atom. The molecule has 18 heavy (non-hydrogen) atoms. The van der Waals surface area contributed by atoms with Gasteiger partial charge in [0.2, 0.25) is 0 Å². The van der Waals surface area contributed by atoms with E-state index in [1.807, 2.05) is 0 Å². The Balaban J connectivity index is 2.95. The summed E-state index contributed by atoms with van der Waals surface area (Å²) in [5.41, 5.74) is 8.11. The van der Waals surface area contributed by atoms with E-state index in [1.165, 1.54) is 18.4 Å². The standard InChI is InChI=1S/C15H27N3/c1-5-7-12(3)18(4)15-10-13(11-16)9-14(17-15)8-6-2/h9-10,12H,5-8,11,16H2,1-4H3. The molecule has 3 heteroatoms. The molecule has 0 aromatic carbocycles. The number of hydrogen-bond acceptors (Lipinski definition) is 3. The highest BCUT2D eigenvalue weighted by Gasteiger charge is 2.12. The van der Waals surface area contributed by atoms with Crippen LogP contribution in [-0.2, 0) is 13.0 Å². The molecule has 0 saturated carbocycles. The van der Waals surface area contributed by atoms with Crippen molar-refractivity contribution in [2.75, 3.05) is 11.9 Å². The maximum atomic E-state index is 5.77. The van der Waals surface area contributed by atoms with Crippen molar-refractivity contribution in [1.82, 2.24) is 4.98 Å². The van der Waals surface area contributed by atoms with Crippen LogP contribution in [0.25, 0.3) is 0 Å². The number of aryl methyl sites for hydroxylation is 1. The average Bonchev–Trinajstić information content (AvgIpc) is 2.38. The third-order valence-electron chi connectivity index (χ3n) is 3.40. The molecule has 0 fully saturated rings. The molecule has 0 aliphatic heterocycles. The predicted molar refractivity (Wildman–Crippen MR) is 78.9 cm³/mol. The Morgan fingerprint density at radius 1 is 1.28 bits per heavy atom. The zero-order valence-corrected chi connectivity index (χ0v) is 12.2. The first-order valence-corrected chi connectivity index (χ1v) is 7.05. The second kappa shape index (κ2) is 7.37. The maximum Gasteiger partial charge on any atom is 0.129 e. The highest BCUT2D eigenvalue weighted by molar-refractivity contribution is 5.43. The number of hydrogen-bond donors (Lipinski definition) is 1. The number of anilines is 1. The molecule has 0 aliphatic rings. The summed E-state index contributed by atoms with van der Waals surface area (Å²) in [5.74, 6) is 1.06. The van der Waals surface area contributed by atoms with Crippen LogP contribution in [0.4, 0.5) is 5.82 Å². The molecule has 0 saturated heterocycles. The molecule has 1 unspecified atom stereocenters. The molecule has 0 aliphatic carbocycles. The van der Waals surface area contributed by atoms with E-state index in [0.717, 1.165) is 24.4 Å². The van der Waals surface area contributed by atoms with Crippen LogP contribution < -0.4 is 10.6 Å². The lowest BCUT2D eigenvalue weighted by Gasteiger charge is -2.26. The molecule has 0 amide bonds. The molecular weight excluding hydrogens is 222 g/mol. The van der Waals surface area contributed by atoms with E-state index in [2.05, 4.69) is 44.9 Å². The third kappa shape index (κ3) is 3.98. The average molecular weight is 249 g/mol. The van der Waals surface area contributed by atoms with Gasteiger partial charge in [0, 0.05) is 25.3 Å². The smallest absolute Gasteiger partial charge is 0.129 e. The molecule has 3 nitrogen and oxygen atoms in total. The zero-order chi connectivity index (χ0) is 13.5. The van der Waals surface area contributed by atoms with Crippen LogP contribution in [0.5, 0.6) is 0 Å². The van der Waals surface area contributed by atoms with Gasteiger partial charge < -0.3 is 10.6 Å². The van der Waals surface area contributed by atoms with Gasteiger partial charge in [-0.2, -0.15) is 0 Å². The molecule has 0 bridgehead atoms. The van der Waals surface area contributed by atoms with Gasteiger partial charge in [-0.05, 0) is 37.5 Å². The Kier molecular flexibility index (Phi) is 6.13. The summed E-state index contributed by atoms with van der Waals surface area (Å²) in [4.78, 5) is 7.01. The summed E-state index contributed by atoms with van der Waals surface area (Å²) >= 11 is 0.